The molecule has 1 aromatic rings. The molecule has 1 aromatic carbocycles. The fourth-order valence-electron chi connectivity index (χ4n) is 3.42. The zero-order chi connectivity index (χ0) is 19.2. The summed E-state index contributed by atoms with van der Waals surface area (Å²) in [6, 6.07) is 7.96. The Kier molecular flexibility index (Phi) is 6.16. The van der Waals surface area contributed by atoms with Crippen LogP contribution in [0.25, 0.3) is 0 Å². The molecule has 0 saturated carbocycles. The van der Waals surface area contributed by atoms with E-state index in [1.807, 2.05) is 24.3 Å². The molecule has 3 amide bonds. The second-order valence-corrected chi connectivity index (χ2v) is 6.98. The molecular formula is C19H26N4O4. The summed E-state index contributed by atoms with van der Waals surface area (Å²) in [5, 5.41) is 2.87. The van der Waals surface area contributed by atoms with Gasteiger partial charge in [-0.3, -0.25) is 9.59 Å². The number of hydrogen-bond donors (Lipinski definition) is 2. The number of hydrogen-bond acceptors (Lipinski definition) is 5. The molecule has 3 N–H and O–H groups in total. The lowest BCUT2D eigenvalue weighted by atomic mass is 9.97. The number of anilines is 1. The minimum absolute atomic E-state index is 0.0920. The number of carbonyl (C=O) groups is 3. The first-order chi connectivity index (χ1) is 13.0. The van der Waals surface area contributed by atoms with Crippen LogP contribution in [0.2, 0.25) is 0 Å². The molecule has 1 unspecified atom stereocenters. The van der Waals surface area contributed by atoms with Crippen LogP contribution < -0.4 is 16.0 Å². The molecule has 0 aromatic heterocycles. The molecular weight excluding hydrogens is 348 g/mol. The predicted octanol–water partition coefficient (Wildman–Crippen LogP) is 0.847. The molecule has 2 saturated heterocycles. The molecule has 0 bridgehead atoms. The van der Waals surface area contributed by atoms with Gasteiger partial charge in [0.05, 0.1) is 12.5 Å². The highest BCUT2D eigenvalue weighted by molar-refractivity contribution is 5.78. The lowest BCUT2D eigenvalue weighted by Crippen LogP contribution is -2.41. The molecule has 0 aliphatic carbocycles. The highest BCUT2D eigenvalue weighted by Crippen LogP contribution is 2.23. The maximum absolute atomic E-state index is 12.0. The number of amides is 3. The smallest absolute Gasteiger partial charge is 0.409 e. The van der Waals surface area contributed by atoms with Gasteiger partial charge in [-0.2, -0.15) is 0 Å². The second kappa shape index (κ2) is 8.75. The molecule has 8 heteroatoms. The highest BCUT2D eigenvalue weighted by atomic mass is 16.6. The number of rotatable bonds is 7. The van der Waals surface area contributed by atoms with Crippen molar-refractivity contribution in [2.75, 3.05) is 37.7 Å². The van der Waals surface area contributed by atoms with E-state index >= 15 is 0 Å². The topological polar surface area (TPSA) is 105 Å². The van der Waals surface area contributed by atoms with Crippen LogP contribution in [-0.2, 0) is 20.9 Å². The van der Waals surface area contributed by atoms with Gasteiger partial charge >= 0.3 is 6.09 Å². The summed E-state index contributed by atoms with van der Waals surface area (Å²) in [5.74, 6) is -0.425. The van der Waals surface area contributed by atoms with E-state index in [1.54, 1.807) is 0 Å². The third-order valence-corrected chi connectivity index (χ3v) is 5.07. The van der Waals surface area contributed by atoms with E-state index in [0.29, 0.717) is 32.8 Å². The Hall–Kier alpha value is -2.77. The monoisotopic (exact) mass is 374 g/mol. The highest BCUT2D eigenvalue weighted by Gasteiger charge is 2.24. The maximum atomic E-state index is 12.0. The number of ether oxygens (including phenoxy) is 1. The second-order valence-electron chi connectivity index (χ2n) is 6.98. The third kappa shape index (κ3) is 5.12. The number of nitrogens with one attached hydrogen (secondary N) is 1. The first-order valence-corrected chi connectivity index (χ1v) is 9.34. The van der Waals surface area contributed by atoms with Crippen molar-refractivity contribution in [3.63, 3.8) is 0 Å². The van der Waals surface area contributed by atoms with E-state index in [2.05, 4.69) is 10.2 Å². The Morgan fingerprint density at radius 2 is 2.00 bits per heavy atom. The van der Waals surface area contributed by atoms with Crippen LogP contribution in [0.3, 0.4) is 0 Å². The number of nitrogens with two attached hydrogens (primary N) is 1. The lowest BCUT2D eigenvalue weighted by Gasteiger charge is -2.33. The van der Waals surface area contributed by atoms with E-state index < -0.39 is 0 Å². The predicted molar refractivity (Wildman–Crippen MR) is 100.0 cm³/mol. The number of benzene rings is 1. The van der Waals surface area contributed by atoms with Crippen molar-refractivity contribution in [2.45, 2.75) is 25.8 Å². The summed E-state index contributed by atoms with van der Waals surface area (Å²) in [4.78, 5) is 38.4. The van der Waals surface area contributed by atoms with Gasteiger partial charge in [-0.05, 0) is 30.5 Å². The number of carbonyl (C=O) groups excluding carboxylic acids is 3. The standard InChI is InChI=1S/C19H26N4O4/c20-18(25)15-2-1-8-23(13-15)16-5-3-14(4-6-16)12-21-17(24)7-9-22-10-11-27-19(22)26/h3-6,15H,1-2,7-13H2,(H2,20,25)(H,21,24). The first kappa shape index (κ1) is 19.0. The molecule has 146 valence electrons. The van der Waals surface area contributed by atoms with Gasteiger partial charge in [0, 0.05) is 38.3 Å². The molecule has 27 heavy (non-hydrogen) atoms. The van der Waals surface area contributed by atoms with Crippen LogP contribution in [0.5, 0.6) is 0 Å². The summed E-state index contributed by atoms with van der Waals surface area (Å²) >= 11 is 0. The quantitative estimate of drug-likeness (QED) is 0.736. The molecule has 8 nitrogen and oxygen atoms in total. The van der Waals surface area contributed by atoms with Gasteiger partial charge in [0.1, 0.15) is 6.61 Å². The van der Waals surface area contributed by atoms with E-state index in [1.165, 1.54) is 4.90 Å². The van der Waals surface area contributed by atoms with Crippen molar-refractivity contribution in [3.05, 3.63) is 29.8 Å². The van der Waals surface area contributed by atoms with Gasteiger partial charge in [0.15, 0.2) is 0 Å². The van der Waals surface area contributed by atoms with Crippen molar-refractivity contribution >= 4 is 23.6 Å². The average Bonchev–Trinajstić information content (AvgIpc) is 3.10. The van der Waals surface area contributed by atoms with Crippen LogP contribution >= 0.6 is 0 Å². The van der Waals surface area contributed by atoms with Crippen molar-refractivity contribution in [3.8, 4) is 0 Å². The molecule has 2 aliphatic rings. The molecule has 3 rings (SSSR count). The molecule has 2 fully saturated rings. The van der Waals surface area contributed by atoms with E-state index in [-0.39, 0.29) is 30.2 Å². The molecule has 2 heterocycles. The van der Waals surface area contributed by atoms with Crippen molar-refractivity contribution in [1.29, 1.82) is 0 Å². The summed E-state index contributed by atoms with van der Waals surface area (Å²) in [6.07, 6.45) is 1.71. The summed E-state index contributed by atoms with van der Waals surface area (Å²) < 4.78 is 4.83. The normalized spacial score (nSPS) is 19.7. The van der Waals surface area contributed by atoms with Gasteiger partial charge in [0.2, 0.25) is 11.8 Å². The molecule has 1 atom stereocenters. The van der Waals surface area contributed by atoms with Crippen molar-refractivity contribution in [2.24, 2.45) is 11.7 Å². The first-order valence-electron chi connectivity index (χ1n) is 9.34. The Bertz CT molecular complexity index is 691. The van der Waals surface area contributed by atoms with Crippen molar-refractivity contribution < 1.29 is 19.1 Å². The van der Waals surface area contributed by atoms with Gasteiger partial charge in [-0.25, -0.2) is 4.79 Å². The zero-order valence-electron chi connectivity index (χ0n) is 15.4. The van der Waals surface area contributed by atoms with Gasteiger partial charge in [-0.1, -0.05) is 12.1 Å². The van der Waals surface area contributed by atoms with E-state index in [4.69, 9.17) is 10.5 Å². The Balaban J connectivity index is 1.44. The summed E-state index contributed by atoms with van der Waals surface area (Å²) in [6.45, 7) is 3.32. The lowest BCUT2D eigenvalue weighted by molar-refractivity contribution is -0.122. The number of piperidine rings is 1. The summed E-state index contributed by atoms with van der Waals surface area (Å²) in [7, 11) is 0. The van der Waals surface area contributed by atoms with Crippen LogP contribution in [0.1, 0.15) is 24.8 Å². The van der Waals surface area contributed by atoms with Crippen LogP contribution in [0.4, 0.5) is 10.5 Å². The SMILES string of the molecule is NC(=O)C1CCCN(c2ccc(CNC(=O)CCN3CCOC3=O)cc2)C1. The minimum Gasteiger partial charge on any atom is -0.448 e. The largest absolute Gasteiger partial charge is 0.448 e. The third-order valence-electron chi connectivity index (χ3n) is 5.07. The Morgan fingerprint density at radius 3 is 2.67 bits per heavy atom. The fraction of sp³-hybridized carbons (Fsp3) is 0.526. The molecule has 2 aliphatic heterocycles. The Labute approximate surface area is 158 Å². The zero-order valence-corrected chi connectivity index (χ0v) is 15.4. The summed E-state index contributed by atoms with van der Waals surface area (Å²) in [5.41, 5.74) is 7.49. The van der Waals surface area contributed by atoms with Crippen LogP contribution in [0, 0.1) is 5.92 Å². The molecule has 0 spiro atoms. The van der Waals surface area contributed by atoms with Gasteiger partial charge in [0.25, 0.3) is 0 Å². The van der Waals surface area contributed by atoms with E-state index in [0.717, 1.165) is 30.6 Å². The Morgan fingerprint density at radius 1 is 1.22 bits per heavy atom. The molecule has 0 radical (unpaired) electrons. The van der Waals surface area contributed by atoms with Crippen molar-refractivity contribution in [1.82, 2.24) is 10.2 Å². The average molecular weight is 374 g/mol. The number of primary amides is 1. The maximum Gasteiger partial charge on any atom is 0.409 e. The minimum atomic E-state index is -0.352. The van der Waals surface area contributed by atoms with Gasteiger partial charge < -0.3 is 25.6 Å². The van der Waals surface area contributed by atoms with Crippen LogP contribution in [-0.4, -0.2) is 55.6 Å². The number of nitrogens with zero attached hydrogens (tertiary/aromatic N) is 2. The number of cyclic esters (lactones) is 1. The van der Waals surface area contributed by atoms with Gasteiger partial charge in [-0.15, -0.1) is 0 Å². The van der Waals surface area contributed by atoms with Crippen LogP contribution in [0.15, 0.2) is 24.3 Å². The van der Waals surface area contributed by atoms with E-state index in [9.17, 15) is 14.4 Å². The fourth-order valence-corrected chi connectivity index (χ4v) is 3.42.